The van der Waals surface area contributed by atoms with Gasteiger partial charge in [0, 0.05) is 0 Å². The third-order valence-electron chi connectivity index (χ3n) is 3.86. The number of carbonyl (C=O) groups excluding carboxylic acids is 1. The van der Waals surface area contributed by atoms with Gasteiger partial charge in [-0.15, -0.1) is 0 Å². The Hall–Kier alpha value is -2.18. The van der Waals surface area contributed by atoms with Gasteiger partial charge in [0.2, 0.25) is 6.08 Å². The molecule has 0 aliphatic rings. The average molecular weight is 293 g/mol. The van der Waals surface area contributed by atoms with Gasteiger partial charge in [0.15, 0.2) is 0 Å². The van der Waals surface area contributed by atoms with Crippen molar-refractivity contribution in [1.82, 2.24) is 0 Å². The minimum Gasteiger partial charge on any atom is -0.211 e. The third kappa shape index (κ3) is 5.67. The van der Waals surface area contributed by atoms with Crippen LogP contribution in [0.25, 0.3) is 11.1 Å². The van der Waals surface area contributed by atoms with Gasteiger partial charge in [-0.3, -0.25) is 0 Å². The standard InChI is InChI=1S/C20H23NO/c22-17-21-16-8-3-1-2-5-9-18-12-14-20(15-13-18)19-10-6-4-7-11-19/h4,6-7,10-15H,1-3,5,8-9,16H2. The van der Waals surface area contributed by atoms with Crippen molar-refractivity contribution in [3.05, 3.63) is 60.2 Å². The minimum atomic E-state index is 0.629. The van der Waals surface area contributed by atoms with E-state index in [1.165, 1.54) is 36.0 Å². The average Bonchev–Trinajstić information content (AvgIpc) is 2.59. The summed E-state index contributed by atoms with van der Waals surface area (Å²) in [6.07, 6.45) is 8.56. The summed E-state index contributed by atoms with van der Waals surface area (Å²) in [5.41, 5.74) is 3.96. The van der Waals surface area contributed by atoms with E-state index in [4.69, 9.17) is 0 Å². The van der Waals surface area contributed by atoms with Crippen LogP contribution in [-0.4, -0.2) is 12.6 Å². The molecule has 2 rings (SSSR count). The fourth-order valence-electron chi connectivity index (χ4n) is 2.59. The largest absolute Gasteiger partial charge is 0.234 e. The van der Waals surface area contributed by atoms with Crippen molar-refractivity contribution < 1.29 is 4.79 Å². The molecule has 0 bridgehead atoms. The monoisotopic (exact) mass is 293 g/mol. The molecule has 0 aliphatic carbocycles. The van der Waals surface area contributed by atoms with Crippen molar-refractivity contribution in [1.29, 1.82) is 0 Å². The van der Waals surface area contributed by atoms with Crippen molar-refractivity contribution in [3.63, 3.8) is 0 Å². The molecule has 2 aromatic carbocycles. The van der Waals surface area contributed by atoms with Crippen LogP contribution in [0.5, 0.6) is 0 Å². The number of aliphatic imine (C=N–C) groups is 1. The molecule has 0 radical (unpaired) electrons. The summed E-state index contributed by atoms with van der Waals surface area (Å²) in [6, 6.07) is 19.4. The van der Waals surface area contributed by atoms with Gasteiger partial charge < -0.3 is 0 Å². The Morgan fingerprint density at radius 1 is 0.727 bits per heavy atom. The molecule has 2 nitrogen and oxygen atoms in total. The second-order valence-electron chi connectivity index (χ2n) is 5.55. The second-order valence-corrected chi connectivity index (χ2v) is 5.55. The summed E-state index contributed by atoms with van der Waals surface area (Å²) in [4.78, 5) is 13.5. The van der Waals surface area contributed by atoms with E-state index in [0.717, 1.165) is 19.3 Å². The van der Waals surface area contributed by atoms with Crippen molar-refractivity contribution in [2.75, 3.05) is 6.54 Å². The van der Waals surface area contributed by atoms with Gasteiger partial charge in [0.1, 0.15) is 0 Å². The van der Waals surface area contributed by atoms with E-state index in [-0.39, 0.29) is 0 Å². The molecule has 2 heteroatoms. The van der Waals surface area contributed by atoms with Crippen LogP contribution in [0.3, 0.4) is 0 Å². The van der Waals surface area contributed by atoms with E-state index >= 15 is 0 Å². The highest BCUT2D eigenvalue weighted by atomic mass is 16.1. The lowest BCUT2D eigenvalue weighted by Crippen LogP contribution is -1.88. The Morgan fingerprint density at radius 2 is 1.36 bits per heavy atom. The minimum absolute atomic E-state index is 0.629. The first-order valence-electron chi connectivity index (χ1n) is 8.08. The number of aryl methyl sites for hydroxylation is 1. The number of benzene rings is 2. The molecule has 0 unspecified atom stereocenters. The smallest absolute Gasteiger partial charge is 0.211 e. The molecule has 0 N–H and O–H groups in total. The molecule has 114 valence electrons. The van der Waals surface area contributed by atoms with Crippen molar-refractivity contribution >= 4 is 6.08 Å². The number of rotatable bonds is 9. The molecular weight excluding hydrogens is 270 g/mol. The zero-order chi connectivity index (χ0) is 15.5. The Labute approximate surface area is 132 Å². The zero-order valence-electron chi connectivity index (χ0n) is 13.0. The molecule has 22 heavy (non-hydrogen) atoms. The first-order chi connectivity index (χ1) is 10.9. The van der Waals surface area contributed by atoms with Gasteiger partial charge in [-0.2, -0.15) is 0 Å². The lowest BCUT2D eigenvalue weighted by Gasteiger charge is -2.05. The van der Waals surface area contributed by atoms with Crippen LogP contribution in [0.2, 0.25) is 0 Å². The molecule has 0 amide bonds. The first kappa shape index (κ1) is 16.2. The maximum atomic E-state index is 9.92. The van der Waals surface area contributed by atoms with E-state index in [0.29, 0.717) is 6.54 Å². The Bertz CT molecular complexity index is 583. The molecular formula is C20H23NO. The summed E-state index contributed by atoms with van der Waals surface area (Å²) >= 11 is 0. The molecule has 0 atom stereocenters. The van der Waals surface area contributed by atoms with Gasteiger partial charge >= 0.3 is 0 Å². The van der Waals surface area contributed by atoms with Crippen LogP contribution < -0.4 is 0 Å². The van der Waals surface area contributed by atoms with E-state index in [1.54, 1.807) is 6.08 Å². The highest BCUT2D eigenvalue weighted by Gasteiger charge is 1.98. The second kappa shape index (κ2) is 9.70. The quantitative estimate of drug-likeness (QED) is 0.356. The predicted octanol–water partition coefficient (Wildman–Crippen LogP) is 5.18. The van der Waals surface area contributed by atoms with Crippen LogP contribution in [-0.2, 0) is 11.2 Å². The van der Waals surface area contributed by atoms with Crippen LogP contribution in [0.1, 0.15) is 37.7 Å². The molecule has 0 saturated heterocycles. The van der Waals surface area contributed by atoms with E-state index in [1.807, 2.05) is 6.07 Å². The van der Waals surface area contributed by atoms with Crippen molar-refractivity contribution in [2.45, 2.75) is 38.5 Å². The van der Waals surface area contributed by atoms with E-state index in [2.05, 4.69) is 53.5 Å². The van der Waals surface area contributed by atoms with E-state index in [9.17, 15) is 4.79 Å². The third-order valence-corrected chi connectivity index (χ3v) is 3.86. The van der Waals surface area contributed by atoms with Crippen LogP contribution in [0, 0.1) is 0 Å². The van der Waals surface area contributed by atoms with Gasteiger partial charge in [-0.05, 0) is 36.0 Å². The van der Waals surface area contributed by atoms with Gasteiger partial charge in [0.05, 0.1) is 6.54 Å². The number of hydrogen-bond donors (Lipinski definition) is 0. The summed E-state index contributed by atoms with van der Waals surface area (Å²) in [5, 5.41) is 0. The van der Waals surface area contributed by atoms with Crippen LogP contribution in [0.15, 0.2) is 59.6 Å². The fourth-order valence-corrected chi connectivity index (χ4v) is 2.59. The number of hydrogen-bond acceptors (Lipinski definition) is 2. The lowest BCUT2D eigenvalue weighted by atomic mass is 10.0. The number of unbranched alkanes of at least 4 members (excludes halogenated alkanes) is 4. The topological polar surface area (TPSA) is 29.4 Å². The maximum Gasteiger partial charge on any atom is 0.234 e. The molecule has 0 fully saturated rings. The maximum absolute atomic E-state index is 9.92. The molecule has 0 aliphatic heterocycles. The zero-order valence-corrected chi connectivity index (χ0v) is 13.0. The Balaban J connectivity index is 1.68. The van der Waals surface area contributed by atoms with Gasteiger partial charge in [-0.1, -0.05) is 73.9 Å². The molecule has 0 spiro atoms. The molecule has 0 saturated carbocycles. The Morgan fingerprint density at radius 3 is 2.09 bits per heavy atom. The number of nitrogens with zero attached hydrogens (tertiary/aromatic N) is 1. The van der Waals surface area contributed by atoms with Gasteiger partial charge in [-0.25, -0.2) is 9.79 Å². The van der Waals surface area contributed by atoms with E-state index < -0.39 is 0 Å². The molecule has 0 heterocycles. The summed E-state index contributed by atoms with van der Waals surface area (Å²) in [5.74, 6) is 0. The SMILES string of the molecule is O=C=NCCCCCCCc1ccc(-c2ccccc2)cc1. The van der Waals surface area contributed by atoms with Gasteiger partial charge in [0.25, 0.3) is 0 Å². The van der Waals surface area contributed by atoms with Crippen molar-refractivity contribution in [2.24, 2.45) is 4.99 Å². The highest BCUT2D eigenvalue weighted by Crippen LogP contribution is 2.20. The van der Waals surface area contributed by atoms with Crippen LogP contribution in [0.4, 0.5) is 0 Å². The Kier molecular flexibility index (Phi) is 7.14. The summed E-state index contributed by atoms with van der Waals surface area (Å²) < 4.78 is 0. The molecule has 0 aromatic heterocycles. The highest BCUT2D eigenvalue weighted by molar-refractivity contribution is 5.63. The molecule has 2 aromatic rings. The van der Waals surface area contributed by atoms with Crippen LogP contribution >= 0.6 is 0 Å². The summed E-state index contributed by atoms with van der Waals surface area (Å²) in [6.45, 7) is 0.629. The normalized spacial score (nSPS) is 10.2. The van der Waals surface area contributed by atoms with Crippen molar-refractivity contribution in [3.8, 4) is 11.1 Å². The fraction of sp³-hybridized carbons (Fsp3) is 0.350. The first-order valence-corrected chi connectivity index (χ1v) is 8.08. The lowest BCUT2D eigenvalue weighted by molar-refractivity contribution is 0.560. The summed E-state index contributed by atoms with van der Waals surface area (Å²) in [7, 11) is 0. The predicted molar refractivity (Wildman–Crippen MR) is 91.7 cm³/mol. The number of isocyanates is 1.